The molecule has 0 saturated carbocycles. The van der Waals surface area contributed by atoms with E-state index in [2.05, 4.69) is 29.2 Å². The molecule has 4 nitrogen and oxygen atoms in total. The minimum Gasteiger partial charge on any atom is -0.365 e. The van der Waals surface area contributed by atoms with Gasteiger partial charge in [0.25, 0.3) is 5.56 Å². The Bertz CT molecular complexity index is 733. The number of thiol groups is 1. The normalized spacial score (nSPS) is 11.7. The molecular weight excluding hydrogens is 270 g/mol. The number of aromatic amines is 1. The minimum atomic E-state index is -0.107. The van der Waals surface area contributed by atoms with E-state index in [9.17, 15) is 4.79 Å². The quantitative estimate of drug-likeness (QED) is 0.671. The molecule has 2 rings (SSSR count). The van der Waals surface area contributed by atoms with Crippen LogP contribution < -0.4 is 5.56 Å². The van der Waals surface area contributed by atoms with Crippen molar-refractivity contribution in [1.29, 1.82) is 0 Å². The maximum absolute atomic E-state index is 11.9. The molecule has 0 atom stereocenters. The van der Waals surface area contributed by atoms with Gasteiger partial charge < -0.3 is 9.88 Å². The molecule has 0 spiro atoms. The van der Waals surface area contributed by atoms with E-state index in [-0.39, 0.29) is 5.56 Å². The molecule has 0 bridgehead atoms. The summed E-state index contributed by atoms with van der Waals surface area (Å²) in [6.07, 6.45) is 3.51. The van der Waals surface area contributed by atoms with E-state index >= 15 is 0 Å². The van der Waals surface area contributed by atoms with Crippen molar-refractivity contribution < 1.29 is 0 Å². The summed E-state index contributed by atoms with van der Waals surface area (Å²) in [6.45, 7) is 6.08. The van der Waals surface area contributed by atoms with E-state index in [1.165, 1.54) is 0 Å². The van der Waals surface area contributed by atoms with Crippen molar-refractivity contribution >= 4 is 23.5 Å². The van der Waals surface area contributed by atoms with Gasteiger partial charge in [-0.25, -0.2) is 4.98 Å². The highest BCUT2D eigenvalue weighted by Crippen LogP contribution is 2.15. The van der Waals surface area contributed by atoms with Crippen molar-refractivity contribution in [2.24, 2.45) is 0 Å². The number of fused-ring (bicyclic) bond motifs is 1. The number of benzene rings is 1. The highest BCUT2D eigenvalue weighted by Gasteiger charge is 2.05. The topological polar surface area (TPSA) is 49.0 Å². The van der Waals surface area contributed by atoms with Crippen molar-refractivity contribution in [2.45, 2.75) is 13.5 Å². The molecule has 0 amide bonds. The highest BCUT2D eigenvalue weighted by atomic mass is 32.1. The molecule has 0 aliphatic heterocycles. The monoisotopic (exact) mass is 287 g/mol. The van der Waals surface area contributed by atoms with Crippen LogP contribution in [0.15, 0.2) is 46.8 Å². The molecule has 1 aromatic carbocycles. The number of allylic oxidation sites excluding steroid dienone is 2. The number of aryl methyl sites for hydroxylation is 1. The van der Waals surface area contributed by atoms with Gasteiger partial charge in [-0.05, 0) is 30.7 Å². The number of rotatable bonds is 4. The lowest BCUT2D eigenvalue weighted by molar-refractivity contribution is 0.441. The van der Waals surface area contributed by atoms with Crippen molar-refractivity contribution in [3.63, 3.8) is 0 Å². The summed E-state index contributed by atoms with van der Waals surface area (Å²) in [7, 11) is 1.93. The third kappa shape index (κ3) is 3.11. The Morgan fingerprint density at radius 3 is 3.00 bits per heavy atom. The average molecular weight is 287 g/mol. The summed E-state index contributed by atoms with van der Waals surface area (Å²) in [4.78, 5) is 20.9. The first-order valence-corrected chi connectivity index (χ1v) is 6.68. The largest absolute Gasteiger partial charge is 0.365 e. The molecule has 0 unspecified atom stereocenters. The second-order valence-corrected chi connectivity index (χ2v) is 5.08. The fourth-order valence-corrected chi connectivity index (χ4v) is 2.16. The predicted molar refractivity (Wildman–Crippen MR) is 85.8 cm³/mol. The van der Waals surface area contributed by atoms with Crippen molar-refractivity contribution in [3.8, 4) is 0 Å². The van der Waals surface area contributed by atoms with Gasteiger partial charge in [0.2, 0.25) is 0 Å². The minimum absolute atomic E-state index is 0.107. The van der Waals surface area contributed by atoms with Gasteiger partial charge in [-0.2, -0.15) is 0 Å². The number of hydrogen-bond donors (Lipinski definition) is 2. The van der Waals surface area contributed by atoms with Crippen LogP contribution in [0.4, 0.5) is 0 Å². The van der Waals surface area contributed by atoms with Crippen molar-refractivity contribution in [1.82, 2.24) is 14.9 Å². The highest BCUT2D eigenvalue weighted by molar-refractivity contribution is 7.84. The smallest absolute Gasteiger partial charge is 0.258 e. The number of aromatic nitrogens is 2. The first kappa shape index (κ1) is 14.4. The van der Waals surface area contributed by atoms with Crippen LogP contribution in [0, 0.1) is 6.92 Å². The Labute approximate surface area is 123 Å². The fraction of sp³-hybridized carbons (Fsp3) is 0.200. The first-order chi connectivity index (χ1) is 9.51. The van der Waals surface area contributed by atoms with Gasteiger partial charge in [-0.1, -0.05) is 18.7 Å². The summed E-state index contributed by atoms with van der Waals surface area (Å²) in [5, 5.41) is 1.42. The van der Waals surface area contributed by atoms with E-state index in [1.807, 2.05) is 36.2 Å². The van der Waals surface area contributed by atoms with Crippen LogP contribution >= 0.6 is 12.6 Å². The molecule has 20 heavy (non-hydrogen) atoms. The van der Waals surface area contributed by atoms with Crippen LogP contribution in [0.25, 0.3) is 10.9 Å². The summed E-state index contributed by atoms with van der Waals surface area (Å²) in [5.41, 5.74) is 1.63. The summed E-state index contributed by atoms with van der Waals surface area (Å²) in [5.74, 6) is 0.624. The van der Waals surface area contributed by atoms with E-state index < -0.39 is 0 Å². The molecule has 0 saturated heterocycles. The van der Waals surface area contributed by atoms with Gasteiger partial charge in [0, 0.05) is 13.6 Å². The maximum atomic E-state index is 11.9. The second-order valence-electron chi connectivity index (χ2n) is 4.62. The Kier molecular flexibility index (Phi) is 4.29. The zero-order valence-electron chi connectivity index (χ0n) is 11.6. The van der Waals surface area contributed by atoms with Crippen LogP contribution in [0.1, 0.15) is 11.4 Å². The van der Waals surface area contributed by atoms with Crippen molar-refractivity contribution in [2.75, 3.05) is 7.05 Å². The molecule has 0 aliphatic rings. The summed E-state index contributed by atoms with van der Waals surface area (Å²) in [6, 6.07) is 5.71. The van der Waals surface area contributed by atoms with Crippen LogP contribution in [-0.2, 0) is 6.54 Å². The fourth-order valence-electron chi connectivity index (χ4n) is 1.99. The summed E-state index contributed by atoms with van der Waals surface area (Å²) >= 11 is 4.38. The van der Waals surface area contributed by atoms with Crippen molar-refractivity contribution in [3.05, 3.63) is 63.7 Å². The molecule has 1 aromatic heterocycles. The second kappa shape index (κ2) is 5.96. The molecule has 1 heterocycles. The van der Waals surface area contributed by atoms with Crippen LogP contribution in [0.3, 0.4) is 0 Å². The Balaban J connectivity index is 2.35. The molecule has 0 radical (unpaired) electrons. The van der Waals surface area contributed by atoms with Gasteiger partial charge in [-0.15, -0.1) is 12.6 Å². The molecular formula is C15H17N3OS. The van der Waals surface area contributed by atoms with E-state index in [0.29, 0.717) is 23.3 Å². The van der Waals surface area contributed by atoms with E-state index in [1.54, 1.807) is 13.0 Å². The molecule has 104 valence electrons. The standard InChI is InChI=1S/C15H17N3OS/c1-4-5-14(20)18(3)9-11-6-7-13-12(8-11)15(19)17-10(2)16-13/h4-8,20H,1,9H2,2-3H3,(H,16,17,19)/b14-5-. The van der Waals surface area contributed by atoms with E-state index in [0.717, 1.165) is 10.6 Å². The Hall–Kier alpha value is -2.01. The molecule has 0 fully saturated rings. The van der Waals surface area contributed by atoms with Crippen LogP contribution in [0.2, 0.25) is 0 Å². The number of hydrogen-bond acceptors (Lipinski definition) is 4. The van der Waals surface area contributed by atoms with E-state index in [4.69, 9.17) is 0 Å². The third-order valence-electron chi connectivity index (χ3n) is 2.97. The van der Waals surface area contributed by atoms with Gasteiger partial charge in [0.1, 0.15) is 5.82 Å². The number of H-pyrrole nitrogens is 1. The van der Waals surface area contributed by atoms with Gasteiger partial charge >= 0.3 is 0 Å². The maximum Gasteiger partial charge on any atom is 0.258 e. The number of nitrogens with zero attached hydrogens (tertiary/aromatic N) is 2. The van der Waals surface area contributed by atoms with Crippen LogP contribution in [0.5, 0.6) is 0 Å². The van der Waals surface area contributed by atoms with Crippen LogP contribution in [-0.4, -0.2) is 21.9 Å². The Morgan fingerprint density at radius 2 is 2.30 bits per heavy atom. The lowest BCUT2D eigenvalue weighted by atomic mass is 10.1. The number of nitrogens with one attached hydrogen (secondary N) is 1. The SMILES string of the molecule is C=C/C=C(\S)N(C)Cc1ccc2nc(C)[nH]c(=O)c2c1. The molecule has 5 heteroatoms. The predicted octanol–water partition coefficient (Wildman–Crippen LogP) is 2.62. The molecule has 1 N–H and O–H groups in total. The van der Waals surface area contributed by atoms with Gasteiger partial charge in [0.15, 0.2) is 0 Å². The lowest BCUT2D eigenvalue weighted by Crippen LogP contribution is -2.15. The summed E-state index contributed by atoms with van der Waals surface area (Å²) < 4.78 is 0. The van der Waals surface area contributed by atoms with Gasteiger partial charge in [-0.3, -0.25) is 4.79 Å². The van der Waals surface area contributed by atoms with Gasteiger partial charge in [0.05, 0.1) is 15.9 Å². The molecule has 0 aliphatic carbocycles. The zero-order chi connectivity index (χ0) is 14.7. The lowest BCUT2D eigenvalue weighted by Gasteiger charge is -2.19. The third-order valence-corrected chi connectivity index (χ3v) is 3.46. The Morgan fingerprint density at radius 1 is 1.55 bits per heavy atom. The molecule has 2 aromatic rings. The zero-order valence-corrected chi connectivity index (χ0v) is 12.4. The first-order valence-electron chi connectivity index (χ1n) is 6.23. The average Bonchev–Trinajstić information content (AvgIpc) is 2.39.